The monoisotopic (exact) mass is 394 g/mol. The van der Waals surface area contributed by atoms with E-state index in [0.717, 1.165) is 27.9 Å². The molecule has 8 heteroatoms. The van der Waals surface area contributed by atoms with Gasteiger partial charge in [-0.1, -0.05) is 11.8 Å². The highest BCUT2D eigenvalue weighted by Gasteiger charge is 2.40. The molecule has 2 heterocycles. The van der Waals surface area contributed by atoms with E-state index in [0.29, 0.717) is 22.0 Å². The van der Waals surface area contributed by atoms with Crippen LogP contribution in [0.1, 0.15) is 30.2 Å². The van der Waals surface area contributed by atoms with E-state index in [1.165, 1.54) is 6.92 Å². The van der Waals surface area contributed by atoms with E-state index in [1.807, 2.05) is 19.9 Å². The van der Waals surface area contributed by atoms with Crippen molar-refractivity contribution in [3.05, 3.63) is 47.2 Å². The first-order chi connectivity index (χ1) is 13.3. The fourth-order valence-corrected chi connectivity index (χ4v) is 4.25. The Morgan fingerprint density at radius 2 is 1.96 bits per heavy atom. The van der Waals surface area contributed by atoms with E-state index < -0.39 is 5.25 Å². The molecule has 0 aliphatic carbocycles. The van der Waals surface area contributed by atoms with Crippen molar-refractivity contribution in [2.75, 3.05) is 10.2 Å². The third-order valence-electron chi connectivity index (χ3n) is 4.23. The maximum absolute atomic E-state index is 12.9. The van der Waals surface area contributed by atoms with Gasteiger partial charge in [-0.05, 0) is 49.7 Å². The number of aromatic nitrogens is 1. The van der Waals surface area contributed by atoms with Gasteiger partial charge in [0.25, 0.3) is 0 Å². The summed E-state index contributed by atoms with van der Waals surface area (Å²) in [6, 6.07) is 10.4. The predicted octanol–water partition coefficient (Wildman–Crippen LogP) is 2.95. The number of thioether (sulfide) groups is 1. The smallest absolute Gasteiger partial charge is 0.247 e. The zero-order chi connectivity index (χ0) is 20.4. The topological polar surface area (TPSA) is 103 Å². The number of nitrogens with zero attached hydrogens (tertiary/aromatic N) is 3. The molecule has 142 valence electrons. The molecule has 28 heavy (non-hydrogen) atoms. The summed E-state index contributed by atoms with van der Waals surface area (Å²) in [6.45, 7) is 5.05. The van der Waals surface area contributed by atoms with E-state index >= 15 is 0 Å². The minimum atomic E-state index is -0.636. The second-order valence-electron chi connectivity index (χ2n) is 6.48. The molecule has 0 saturated carbocycles. The minimum Gasteiger partial charge on any atom is -0.326 e. The summed E-state index contributed by atoms with van der Waals surface area (Å²) < 4.78 is 0. The Labute approximate surface area is 166 Å². The summed E-state index contributed by atoms with van der Waals surface area (Å²) in [5.41, 5.74) is 3.00. The SMILES string of the molecule is CC(=O)Nc1ccc(N2C(=O)CC(Sc3nc(C)cc(C)c3C#N)C2=O)cc1. The largest absolute Gasteiger partial charge is 0.326 e. The summed E-state index contributed by atoms with van der Waals surface area (Å²) in [6.07, 6.45) is 0.0382. The molecular weight excluding hydrogens is 376 g/mol. The molecule has 1 atom stereocenters. The number of carbonyl (C=O) groups excluding carboxylic acids is 3. The normalized spacial score (nSPS) is 16.2. The molecule has 3 rings (SSSR count). The first-order valence-corrected chi connectivity index (χ1v) is 9.47. The fourth-order valence-electron chi connectivity index (χ4n) is 3.02. The number of nitriles is 1. The van der Waals surface area contributed by atoms with Crippen molar-refractivity contribution >= 4 is 40.9 Å². The maximum Gasteiger partial charge on any atom is 0.247 e. The van der Waals surface area contributed by atoms with Gasteiger partial charge in [0.1, 0.15) is 11.1 Å². The highest BCUT2D eigenvalue weighted by atomic mass is 32.2. The summed E-state index contributed by atoms with van der Waals surface area (Å²) in [5.74, 6) is -0.850. The van der Waals surface area contributed by atoms with Gasteiger partial charge < -0.3 is 5.32 Å². The Kier molecular flexibility index (Phi) is 5.47. The quantitative estimate of drug-likeness (QED) is 0.800. The van der Waals surface area contributed by atoms with Crippen LogP contribution in [0, 0.1) is 25.2 Å². The van der Waals surface area contributed by atoms with Gasteiger partial charge in [0.2, 0.25) is 17.7 Å². The van der Waals surface area contributed by atoms with Crippen LogP contribution in [-0.4, -0.2) is 28.0 Å². The van der Waals surface area contributed by atoms with Gasteiger partial charge in [-0.25, -0.2) is 9.88 Å². The highest BCUT2D eigenvalue weighted by molar-refractivity contribution is 8.00. The zero-order valence-electron chi connectivity index (χ0n) is 15.6. The van der Waals surface area contributed by atoms with Gasteiger partial charge in [-0.3, -0.25) is 14.4 Å². The maximum atomic E-state index is 12.9. The van der Waals surface area contributed by atoms with Crippen LogP contribution in [0.4, 0.5) is 11.4 Å². The number of imide groups is 1. The van der Waals surface area contributed by atoms with Crippen LogP contribution in [0.3, 0.4) is 0 Å². The van der Waals surface area contributed by atoms with E-state index in [1.54, 1.807) is 24.3 Å². The number of aryl methyl sites for hydroxylation is 2. The molecule has 1 saturated heterocycles. The Balaban J connectivity index is 1.83. The van der Waals surface area contributed by atoms with Crippen molar-refractivity contribution in [3.8, 4) is 6.07 Å². The number of benzene rings is 1. The second kappa shape index (κ2) is 7.82. The number of rotatable bonds is 4. The Morgan fingerprint density at radius 1 is 1.29 bits per heavy atom. The fraction of sp³-hybridized carbons (Fsp3) is 0.250. The Morgan fingerprint density at radius 3 is 2.57 bits per heavy atom. The third kappa shape index (κ3) is 3.89. The molecule has 0 bridgehead atoms. The molecule has 1 fully saturated rings. The van der Waals surface area contributed by atoms with Gasteiger partial charge in [-0.2, -0.15) is 5.26 Å². The Bertz CT molecular complexity index is 1010. The van der Waals surface area contributed by atoms with Crippen molar-refractivity contribution in [2.24, 2.45) is 0 Å². The number of hydrogen-bond acceptors (Lipinski definition) is 6. The van der Waals surface area contributed by atoms with Gasteiger partial charge in [0.15, 0.2) is 0 Å². The summed E-state index contributed by atoms with van der Waals surface area (Å²) in [5, 5.41) is 11.9. The molecule has 1 aliphatic rings. The molecule has 1 N–H and O–H groups in total. The number of pyridine rings is 1. The van der Waals surface area contributed by atoms with Crippen LogP contribution in [0.25, 0.3) is 0 Å². The number of amides is 3. The minimum absolute atomic E-state index is 0.0382. The number of hydrogen-bond donors (Lipinski definition) is 1. The van der Waals surface area contributed by atoms with Gasteiger partial charge in [0, 0.05) is 24.7 Å². The van der Waals surface area contributed by atoms with E-state index in [4.69, 9.17) is 0 Å². The second-order valence-corrected chi connectivity index (χ2v) is 7.67. The molecule has 1 unspecified atom stereocenters. The molecule has 0 radical (unpaired) electrons. The molecule has 1 aliphatic heterocycles. The standard InChI is InChI=1S/C20H18N4O3S/c1-11-8-12(2)22-19(16(11)10-21)28-17-9-18(26)24(20(17)27)15-6-4-14(5-7-15)23-13(3)25/h4-8,17H,9H2,1-3H3,(H,23,25). The van der Waals surface area contributed by atoms with Crippen molar-refractivity contribution in [1.29, 1.82) is 5.26 Å². The zero-order valence-corrected chi connectivity index (χ0v) is 16.5. The lowest BCUT2D eigenvalue weighted by atomic mass is 10.1. The summed E-state index contributed by atoms with van der Waals surface area (Å²) in [4.78, 5) is 42.0. The lowest BCUT2D eigenvalue weighted by molar-refractivity contribution is -0.121. The van der Waals surface area contributed by atoms with Crippen LogP contribution in [-0.2, 0) is 14.4 Å². The average Bonchev–Trinajstić information content (AvgIpc) is 2.88. The van der Waals surface area contributed by atoms with Crippen LogP contribution >= 0.6 is 11.8 Å². The van der Waals surface area contributed by atoms with Gasteiger partial charge in [-0.15, -0.1) is 0 Å². The van der Waals surface area contributed by atoms with Crippen molar-refractivity contribution < 1.29 is 14.4 Å². The highest BCUT2D eigenvalue weighted by Crippen LogP contribution is 2.35. The molecule has 1 aromatic heterocycles. The third-order valence-corrected chi connectivity index (χ3v) is 5.40. The number of carbonyl (C=O) groups is 3. The first-order valence-electron chi connectivity index (χ1n) is 8.59. The van der Waals surface area contributed by atoms with Crippen LogP contribution < -0.4 is 10.2 Å². The van der Waals surface area contributed by atoms with Crippen molar-refractivity contribution in [1.82, 2.24) is 4.98 Å². The van der Waals surface area contributed by atoms with Gasteiger partial charge >= 0.3 is 0 Å². The van der Waals surface area contributed by atoms with E-state index in [9.17, 15) is 19.6 Å². The molecule has 2 aromatic rings. The van der Waals surface area contributed by atoms with Crippen LogP contribution in [0.2, 0.25) is 0 Å². The molecule has 1 aromatic carbocycles. The lowest BCUT2D eigenvalue weighted by Gasteiger charge is -2.16. The number of nitrogens with one attached hydrogen (secondary N) is 1. The predicted molar refractivity (Wildman–Crippen MR) is 106 cm³/mol. The molecule has 7 nitrogen and oxygen atoms in total. The summed E-state index contributed by atoms with van der Waals surface area (Å²) >= 11 is 1.15. The van der Waals surface area contributed by atoms with E-state index in [2.05, 4.69) is 16.4 Å². The molecule has 0 spiro atoms. The average molecular weight is 394 g/mol. The lowest BCUT2D eigenvalue weighted by Crippen LogP contribution is -2.31. The van der Waals surface area contributed by atoms with E-state index in [-0.39, 0.29) is 24.1 Å². The summed E-state index contributed by atoms with van der Waals surface area (Å²) in [7, 11) is 0. The first kappa shape index (κ1) is 19.6. The van der Waals surface area contributed by atoms with Crippen LogP contribution in [0.5, 0.6) is 0 Å². The Hall–Kier alpha value is -3.18. The van der Waals surface area contributed by atoms with Crippen molar-refractivity contribution in [3.63, 3.8) is 0 Å². The molecule has 3 amide bonds. The van der Waals surface area contributed by atoms with Crippen LogP contribution in [0.15, 0.2) is 35.4 Å². The number of anilines is 2. The van der Waals surface area contributed by atoms with Gasteiger partial charge in [0.05, 0.1) is 16.5 Å². The molecular formula is C20H18N4O3S. The van der Waals surface area contributed by atoms with Crippen molar-refractivity contribution in [2.45, 2.75) is 37.5 Å².